The molecule has 4 rings (SSSR count). The van der Waals surface area contributed by atoms with Gasteiger partial charge in [0.1, 0.15) is 0 Å². The summed E-state index contributed by atoms with van der Waals surface area (Å²) in [4.78, 5) is 16.5. The smallest absolute Gasteiger partial charge is 0.275 e. The van der Waals surface area contributed by atoms with E-state index in [1.165, 1.54) is 39.2 Å². The molecule has 0 bridgehead atoms. The monoisotopic (exact) mass is 298 g/mol. The average Bonchev–Trinajstić information content (AvgIpc) is 2.92. The molecule has 1 atom stereocenters. The van der Waals surface area contributed by atoms with Gasteiger partial charge < -0.3 is 5.32 Å². The molecule has 1 N–H and O–H groups in total. The van der Waals surface area contributed by atoms with Crippen molar-refractivity contribution in [3.05, 3.63) is 58.0 Å². The van der Waals surface area contributed by atoms with Crippen LogP contribution in [0.4, 0.5) is 5.13 Å². The highest BCUT2D eigenvalue weighted by Gasteiger charge is 2.20. The second-order valence-corrected chi connectivity index (χ2v) is 6.13. The van der Waals surface area contributed by atoms with Gasteiger partial charge in [-0.25, -0.2) is 4.98 Å². The summed E-state index contributed by atoms with van der Waals surface area (Å²) >= 11 is 1.41. The fourth-order valence-corrected chi connectivity index (χ4v) is 3.68. The van der Waals surface area contributed by atoms with Gasteiger partial charge in [0.05, 0.1) is 6.04 Å². The number of anilines is 1. The highest BCUT2D eigenvalue weighted by Crippen LogP contribution is 2.33. The van der Waals surface area contributed by atoms with Crippen molar-refractivity contribution in [2.24, 2.45) is 0 Å². The lowest BCUT2D eigenvalue weighted by atomic mass is 9.88. The summed E-state index contributed by atoms with van der Waals surface area (Å²) < 4.78 is 1.35. The van der Waals surface area contributed by atoms with Gasteiger partial charge >= 0.3 is 0 Å². The average molecular weight is 298 g/mol. The van der Waals surface area contributed by atoms with Gasteiger partial charge in [0, 0.05) is 12.3 Å². The quantitative estimate of drug-likeness (QED) is 0.790. The topological polar surface area (TPSA) is 59.3 Å². The lowest BCUT2D eigenvalue weighted by Crippen LogP contribution is -2.18. The van der Waals surface area contributed by atoms with Crippen LogP contribution in [0.5, 0.6) is 0 Å². The Hall–Kier alpha value is -2.21. The second-order valence-electron chi connectivity index (χ2n) is 5.17. The summed E-state index contributed by atoms with van der Waals surface area (Å²) in [6, 6.07) is 10.2. The van der Waals surface area contributed by atoms with E-state index in [9.17, 15) is 4.79 Å². The zero-order valence-electron chi connectivity index (χ0n) is 11.3. The molecule has 2 aromatic heterocycles. The Kier molecular flexibility index (Phi) is 2.96. The number of benzene rings is 1. The molecule has 5 nitrogen and oxygen atoms in total. The van der Waals surface area contributed by atoms with Gasteiger partial charge in [-0.1, -0.05) is 35.6 Å². The van der Waals surface area contributed by atoms with Crippen LogP contribution >= 0.6 is 11.3 Å². The number of nitrogens with one attached hydrogen (secondary N) is 1. The normalized spacial score (nSPS) is 17.6. The molecular formula is C15H14N4OS. The van der Waals surface area contributed by atoms with E-state index < -0.39 is 0 Å². The van der Waals surface area contributed by atoms with Crippen LogP contribution in [0.25, 0.3) is 4.96 Å². The number of fused-ring (bicyclic) bond motifs is 2. The third-order valence-corrected chi connectivity index (χ3v) is 4.69. The third-order valence-electron chi connectivity index (χ3n) is 3.84. The van der Waals surface area contributed by atoms with Crippen molar-refractivity contribution < 1.29 is 0 Å². The minimum Gasteiger partial charge on any atom is -0.353 e. The molecule has 1 aliphatic carbocycles. The van der Waals surface area contributed by atoms with Gasteiger partial charge in [-0.05, 0) is 30.4 Å². The maximum Gasteiger partial charge on any atom is 0.275 e. The highest BCUT2D eigenvalue weighted by molar-refractivity contribution is 7.20. The van der Waals surface area contributed by atoms with Crippen LogP contribution in [-0.4, -0.2) is 14.6 Å². The van der Waals surface area contributed by atoms with Gasteiger partial charge in [-0.3, -0.25) is 4.79 Å². The SMILES string of the molecule is O=c1ccnc2sc(N[C@H]3CCCc4ccccc43)nn12. The fourth-order valence-electron chi connectivity index (χ4n) is 2.85. The summed E-state index contributed by atoms with van der Waals surface area (Å²) in [5.41, 5.74) is 2.59. The van der Waals surface area contributed by atoms with E-state index in [1.807, 2.05) is 0 Å². The Labute approximate surface area is 125 Å². The minimum absolute atomic E-state index is 0.145. The molecule has 0 aliphatic heterocycles. The van der Waals surface area contributed by atoms with Crippen molar-refractivity contribution in [2.45, 2.75) is 25.3 Å². The van der Waals surface area contributed by atoms with Crippen LogP contribution in [0.2, 0.25) is 0 Å². The Morgan fingerprint density at radius 2 is 2.19 bits per heavy atom. The Balaban J connectivity index is 1.69. The predicted octanol–water partition coefficient (Wildman–Crippen LogP) is 2.64. The summed E-state index contributed by atoms with van der Waals surface area (Å²) in [5, 5.41) is 8.53. The van der Waals surface area contributed by atoms with Crippen LogP contribution in [0.15, 0.2) is 41.3 Å². The second kappa shape index (κ2) is 4.96. The van der Waals surface area contributed by atoms with E-state index in [-0.39, 0.29) is 11.6 Å². The predicted molar refractivity (Wildman–Crippen MR) is 82.9 cm³/mol. The van der Waals surface area contributed by atoms with Crippen molar-refractivity contribution in [1.29, 1.82) is 0 Å². The molecule has 0 radical (unpaired) electrons. The van der Waals surface area contributed by atoms with Crippen molar-refractivity contribution in [2.75, 3.05) is 5.32 Å². The molecule has 2 heterocycles. The number of hydrogen-bond acceptors (Lipinski definition) is 5. The molecule has 0 spiro atoms. The van der Waals surface area contributed by atoms with Gasteiger partial charge in [0.15, 0.2) is 0 Å². The molecule has 3 aromatic rings. The first-order valence-electron chi connectivity index (χ1n) is 7.00. The first-order valence-corrected chi connectivity index (χ1v) is 7.82. The Bertz CT molecular complexity index is 854. The molecule has 0 amide bonds. The van der Waals surface area contributed by atoms with Crippen LogP contribution in [-0.2, 0) is 6.42 Å². The Morgan fingerprint density at radius 1 is 1.29 bits per heavy atom. The molecule has 0 fully saturated rings. The van der Waals surface area contributed by atoms with Gasteiger partial charge in [0.25, 0.3) is 5.56 Å². The highest BCUT2D eigenvalue weighted by atomic mass is 32.1. The zero-order valence-corrected chi connectivity index (χ0v) is 12.1. The van der Waals surface area contributed by atoms with E-state index in [1.54, 1.807) is 0 Å². The van der Waals surface area contributed by atoms with E-state index in [2.05, 4.69) is 39.7 Å². The molecule has 0 saturated heterocycles. The molecule has 21 heavy (non-hydrogen) atoms. The van der Waals surface area contributed by atoms with E-state index in [0.717, 1.165) is 24.4 Å². The summed E-state index contributed by atoms with van der Waals surface area (Å²) in [5.74, 6) is 0. The Morgan fingerprint density at radius 3 is 3.10 bits per heavy atom. The van der Waals surface area contributed by atoms with Crippen LogP contribution in [0, 0.1) is 0 Å². The molecule has 0 unspecified atom stereocenters. The van der Waals surface area contributed by atoms with Crippen LogP contribution in [0.3, 0.4) is 0 Å². The maximum atomic E-state index is 11.7. The van der Waals surface area contributed by atoms with Crippen LogP contribution in [0.1, 0.15) is 30.0 Å². The van der Waals surface area contributed by atoms with Crippen molar-refractivity contribution >= 4 is 21.4 Å². The maximum absolute atomic E-state index is 11.7. The fraction of sp³-hybridized carbons (Fsp3) is 0.267. The lowest BCUT2D eigenvalue weighted by molar-refractivity contribution is 0.599. The first kappa shape index (κ1) is 12.5. The summed E-state index contributed by atoms with van der Waals surface area (Å²) in [7, 11) is 0. The van der Waals surface area contributed by atoms with Gasteiger partial charge in [0.2, 0.25) is 10.1 Å². The largest absolute Gasteiger partial charge is 0.353 e. The van der Waals surface area contributed by atoms with Gasteiger partial charge in [-0.15, -0.1) is 5.10 Å². The molecule has 1 aromatic carbocycles. The lowest BCUT2D eigenvalue weighted by Gasteiger charge is -2.25. The molecular weight excluding hydrogens is 284 g/mol. The number of nitrogens with zero attached hydrogens (tertiary/aromatic N) is 3. The number of rotatable bonds is 2. The third kappa shape index (κ3) is 2.21. The van der Waals surface area contributed by atoms with Crippen molar-refractivity contribution in [1.82, 2.24) is 14.6 Å². The van der Waals surface area contributed by atoms with E-state index >= 15 is 0 Å². The first-order chi connectivity index (χ1) is 10.3. The molecule has 1 aliphatic rings. The van der Waals surface area contributed by atoms with Gasteiger partial charge in [-0.2, -0.15) is 4.52 Å². The number of hydrogen-bond donors (Lipinski definition) is 1. The van der Waals surface area contributed by atoms with Crippen molar-refractivity contribution in [3.8, 4) is 0 Å². The number of aromatic nitrogens is 3. The minimum atomic E-state index is -0.145. The standard InChI is InChI=1S/C15H14N4OS/c20-13-8-9-16-15-19(13)18-14(21-15)17-12-7-3-5-10-4-1-2-6-11(10)12/h1-2,4,6,8-9,12H,3,5,7H2,(H,17,18)/t12-/m0/s1. The molecule has 6 heteroatoms. The molecule has 106 valence electrons. The van der Waals surface area contributed by atoms with E-state index in [4.69, 9.17) is 0 Å². The summed E-state index contributed by atoms with van der Waals surface area (Å²) in [6.07, 6.45) is 4.90. The van der Waals surface area contributed by atoms with Crippen LogP contribution < -0.4 is 10.9 Å². The van der Waals surface area contributed by atoms with E-state index in [0.29, 0.717) is 4.96 Å². The summed E-state index contributed by atoms with van der Waals surface area (Å²) in [6.45, 7) is 0. The number of aryl methyl sites for hydroxylation is 1. The van der Waals surface area contributed by atoms with Crippen molar-refractivity contribution in [3.63, 3.8) is 0 Å². The zero-order chi connectivity index (χ0) is 14.2. The molecule has 0 saturated carbocycles.